The molecule has 1 amide bonds. The maximum absolute atomic E-state index is 12.4. The van der Waals surface area contributed by atoms with Crippen molar-refractivity contribution in [1.29, 1.82) is 0 Å². The predicted molar refractivity (Wildman–Crippen MR) is 96.0 cm³/mol. The quantitative estimate of drug-likeness (QED) is 0.856. The summed E-state index contributed by atoms with van der Waals surface area (Å²) in [6.07, 6.45) is 3.57. The van der Waals surface area contributed by atoms with E-state index in [1.165, 1.54) is 0 Å². The molecule has 3 rings (SSSR count). The first kappa shape index (κ1) is 20.0. The summed E-state index contributed by atoms with van der Waals surface area (Å²) < 4.78 is 5.37. The van der Waals surface area contributed by atoms with Gasteiger partial charge in [-0.05, 0) is 38.1 Å². The monoisotopic (exact) mass is 362 g/mol. The van der Waals surface area contributed by atoms with Crippen molar-refractivity contribution < 1.29 is 9.53 Å². The van der Waals surface area contributed by atoms with Crippen LogP contribution in [-0.2, 0) is 9.53 Å². The molecule has 23 heavy (non-hydrogen) atoms. The Morgan fingerprint density at radius 2 is 1.96 bits per heavy atom. The molecule has 2 aliphatic heterocycles. The van der Waals surface area contributed by atoms with Gasteiger partial charge in [0, 0.05) is 25.2 Å². The Kier molecular flexibility index (Phi) is 8.62. The van der Waals surface area contributed by atoms with E-state index in [-0.39, 0.29) is 36.6 Å². The summed E-state index contributed by atoms with van der Waals surface area (Å²) in [5.74, 6) is 1.06. The number of morpholine rings is 1. The lowest BCUT2D eigenvalue weighted by Crippen LogP contribution is -2.38. The van der Waals surface area contributed by atoms with E-state index in [0.717, 1.165) is 50.5 Å². The highest BCUT2D eigenvalue weighted by Gasteiger charge is 2.23. The third kappa shape index (κ3) is 5.21. The van der Waals surface area contributed by atoms with E-state index in [1.54, 1.807) is 6.20 Å². The van der Waals surface area contributed by atoms with Crippen molar-refractivity contribution in [3.8, 4) is 0 Å². The van der Waals surface area contributed by atoms with Crippen LogP contribution in [0.3, 0.4) is 0 Å². The highest BCUT2D eigenvalue weighted by molar-refractivity contribution is 5.95. The average molecular weight is 363 g/mol. The number of hydrogen-bond acceptors (Lipinski definition) is 5. The molecule has 1 aromatic heterocycles. The van der Waals surface area contributed by atoms with Crippen LogP contribution >= 0.6 is 24.8 Å². The van der Waals surface area contributed by atoms with Crippen LogP contribution < -0.4 is 15.5 Å². The average Bonchev–Trinajstić information content (AvgIpc) is 2.57. The number of ether oxygens (including phenoxy) is 1. The number of amides is 1. The molecule has 2 fully saturated rings. The molecule has 0 bridgehead atoms. The van der Waals surface area contributed by atoms with Gasteiger partial charge in [-0.3, -0.25) is 4.79 Å². The van der Waals surface area contributed by atoms with Crippen LogP contribution in [0, 0.1) is 5.92 Å². The first-order valence-electron chi connectivity index (χ1n) is 7.64. The number of nitrogens with zero attached hydrogens (tertiary/aromatic N) is 2. The van der Waals surface area contributed by atoms with Gasteiger partial charge in [0.25, 0.3) is 0 Å². The van der Waals surface area contributed by atoms with Gasteiger partial charge in [0.2, 0.25) is 5.91 Å². The maximum Gasteiger partial charge on any atom is 0.227 e. The highest BCUT2D eigenvalue weighted by atomic mass is 35.5. The van der Waals surface area contributed by atoms with Crippen LogP contribution in [0.15, 0.2) is 18.3 Å². The van der Waals surface area contributed by atoms with E-state index in [4.69, 9.17) is 4.74 Å². The number of carbonyl (C=O) groups excluding carboxylic acids is 1. The normalized spacial score (nSPS) is 18.5. The Labute approximate surface area is 149 Å². The van der Waals surface area contributed by atoms with Crippen molar-refractivity contribution in [2.24, 2.45) is 5.92 Å². The number of halogens is 2. The van der Waals surface area contributed by atoms with Gasteiger partial charge in [-0.15, -0.1) is 24.8 Å². The largest absolute Gasteiger partial charge is 0.378 e. The number of rotatable bonds is 3. The molecule has 6 nitrogen and oxygen atoms in total. The van der Waals surface area contributed by atoms with Crippen molar-refractivity contribution in [2.75, 3.05) is 49.6 Å². The van der Waals surface area contributed by atoms with Crippen molar-refractivity contribution >= 4 is 42.2 Å². The summed E-state index contributed by atoms with van der Waals surface area (Å²) in [6, 6.07) is 3.79. The number of carbonyl (C=O) groups is 1. The molecule has 0 unspecified atom stereocenters. The molecular formula is C15H24Cl2N4O2. The van der Waals surface area contributed by atoms with Crippen molar-refractivity contribution in [2.45, 2.75) is 12.8 Å². The maximum atomic E-state index is 12.4. The Morgan fingerprint density at radius 1 is 1.26 bits per heavy atom. The topological polar surface area (TPSA) is 66.5 Å². The number of aromatic nitrogens is 1. The molecule has 3 heterocycles. The Morgan fingerprint density at radius 3 is 2.65 bits per heavy atom. The van der Waals surface area contributed by atoms with Crippen LogP contribution in [0.25, 0.3) is 0 Å². The number of nitrogens with one attached hydrogen (secondary N) is 2. The summed E-state index contributed by atoms with van der Waals surface area (Å²) >= 11 is 0. The molecule has 0 aromatic carbocycles. The number of anilines is 2. The predicted octanol–water partition coefficient (Wildman–Crippen LogP) is 1.70. The van der Waals surface area contributed by atoms with E-state index >= 15 is 0 Å². The molecule has 0 spiro atoms. The number of hydrogen-bond donors (Lipinski definition) is 2. The standard InChI is InChI=1S/C15H22N4O2.2ClH/c20-15(12-3-6-16-7-4-12)18-13-2-1-5-17-14(13)19-8-10-21-11-9-19;;/h1-2,5,12,16H,3-4,6-11H2,(H,18,20);2*1H. The third-order valence-electron chi connectivity index (χ3n) is 4.07. The van der Waals surface area contributed by atoms with E-state index in [2.05, 4.69) is 20.5 Å². The number of pyridine rings is 1. The zero-order chi connectivity index (χ0) is 14.5. The highest BCUT2D eigenvalue weighted by Crippen LogP contribution is 2.25. The smallest absolute Gasteiger partial charge is 0.227 e. The molecular weight excluding hydrogens is 339 g/mol. The first-order valence-corrected chi connectivity index (χ1v) is 7.64. The first-order chi connectivity index (χ1) is 10.3. The minimum Gasteiger partial charge on any atom is -0.378 e. The van der Waals surface area contributed by atoms with Gasteiger partial charge in [0.1, 0.15) is 0 Å². The molecule has 0 radical (unpaired) electrons. The lowest BCUT2D eigenvalue weighted by molar-refractivity contribution is -0.120. The second kappa shape index (κ2) is 9.93. The van der Waals surface area contributed by atoms with Crippen LogP contribution in [0.4, 0.5) is 11.5 Å². The molecule has 1 aromatic rings. The van der Waals surface area contributed by atoms with Gasteiger partial charge in [0.05, 0.1) is 18.9 Å². The van der Waals surface area contributed by atoms with E-state index in [0.29, 0.717) is 13.2 Å². The molecule has 8 heteroatoms. The fraction of sp³-hybridized carbons (Fsp3) is 0.600. The van der Waals surface area contributed by atoms with Crippen LogP contribution in [0.1, 0.15) is 12.8 Å². The summed E-state index contributed by atoms with van der Waals surface area (Å²) in [5, 5.41) is 6.35. The van der Waals surface area contributed by atoms with Gasteiger partial charge in [-0.2, -0.15) is 0 Å². The molecule has 0 atom stereocenters. The minimum atomic E-state index is 0. The minimum absolute atomic E-state index is 0. The summed E-state index contributed by atoms with van der Waals surface area (Å²) in [5.41, 5.74) is 0.808. The third-order valence-corrected chi connectivity index (χ3v) is 4.07. The van der Waals surface area contributed by atoms with E-state index < -0.39 is 0 Å². The van der Waals surface area contributed by atoms with Crippen LogP contribution in [0.2, 0.25) is 0 Å². The lowest BCUT2D eigenvalue weighted by Gasteiger charge is -2.30. The second-order valence-corrected chi connectivity index (χ2v) is 5.49. The fourth-order valence-corrected chi connectivity index (χ4v) is 2.84. The van der Waals surface area contributed by atoms with Gasteiger partial charge < -0.3 is 20.3 Å². The molecule has 130 valence electrons. The van der Waals surface area contributed by atoms with Crippen molar-refractivity contribution in [3.05, 3.63) is 18.3 Å². The van der Waals surface area contributed by atoms with Gasteiger partial charge in [-0.25, -0.2) is 4.98 Å². The summed E-state index contributed by atoms with van der Waals surface area (Å²) in [6.45, 7) is 4.87. The molecule has 0 saturated carbocycles. The van der Waals surface area contributed by atoms with Crippen molar-refractivity contribution in [1.82, 2.24) is 10.3 Å². The van der Waals surface area contributed by atoms with Crippen molar-refractivity contribution in [3.63, 3.8) is 0 Å². The Hall–Kier alpha value is -1.08. The van der Waals surface area contributed by atoms with Gasteiger partial charge in [0.15, 0.2) is 5.82 Å². The van der Waals surface area contributed by atoms with E-state index in [1.807, 2.05) is 12.1 Å². The van der Waals surface area contributed by atoms with E-state index in [9.17, 15) is 4.79 Å². The zero-order valence-corrected chi connectivity index (χ0v) is 14.6. The Balaban J connectivity index is 0.00000132. The van der Waals surface area contributed by atoms with Crippen LogP contribution in [-0.4, -0.2) is 50.3 Å². The fourth-order valence-electron chi connectivity index (χ4n) is 2.84. The summed E-state index contributed by atoms with van der Waals surface area (Å²) in [4.78, 5) is 19.0. The summed E-state index contributed by atoms with van der Waals surface area (Å²) in [7, 11) is 0. The second-order valence-electron chi connectivity index (χ2n) is 5.49. The molecule has 2 saturated heterocycles. The SMILES string of the molecule is Cl.Cl.O=C(Nc1cccnc1N1CCOCC1)C1CCNCC1. The van der Waals surface area contributed by atoms with Gasteiger partial charge >= 0.3 is 0 Å². The van der Waals surface area contributed by atoms with Gasteiger partial charge in [-0.1, -0.05) is 0 Å². The lowest BCUT2D eigenvalue weighted by atomic mass is 9.97. The molecule has 0 aliphatic carbocycles. The molecule has 2 N–H and O–H groups in total. The Bertz CT molecular complexity index is 492. The van der Waals surface area contributed by atoms with Crippen LogP contribution in [0.5, 0.6) is 0 Å². The zero-order valence-electron chi connectivity index (χ0n) is 13.0. The number of piperidine rings is 1. The molecule has 2 aliphatic rings.